The zero-order valence-corrected chi connectivity index (χ0v) is 12.8. The second kappa shape index (κ2) is 8.56. The molecule has 0 unspecified atom stereocenters. The number of hydrogen-bond donors (Lipinski definition) is 1. The molecule has 5 nitrogen and oxygen atoms in total. The van der Waals surface area contributed by atoms with Gasteiger partial charge in [0.1, 0.15) is 12.4 Å². The molecule has 0 fully saturated rings. The van der Waals surface area contributed by atoms with Crippen molar-refractivity contribution < 1.29 is 24.4 Å². The monoisotopic (exact) mass is 304 g/mol. The van der Waals surface area contributed by atoms with E-state index in [4.69, 9.17) is 31.1 Å². The minimum atomic E-state index is -0.797. The van der Waals surface area contributed by atoms with Gasteiger partial charge in [-0.25, -0.2) is 4.89 Å². The summed E-state index contributed by atoms with van der Waals surface area (Å²) in [5.74, 6) is 0. The number of benzene rings is 1. The van der Waals surface area contributed by atoms with Crippen molar-refractivity contribution in [2.45, 2.75) is 26.1 Å². The van der Waals surface area contributed by atoms with Crippen LogP contribution in [-0.2, 0) is 31.3 Å². The van der Waals surface area contributed by atoms with E-state index in [-0.39, 0.29) is 6.79 Å². The summed E-state index contributed by atoms with van der Waals surface area (Å²) in [4.78, 5) is 4.47. The zero-order chi connectivity index (χ0) is 15.0. The maximum absolute atomic E-state index is 8.91. The first kappa shape index (κ1) is 17.4. The van der Waals surface area contributed by atoms with Gasteiger partial charge in [0.25, 0.3) is 0 Å². The van der Waals surface area contributed by atoms with Crippen LogP contribution in [0.3, 0.4) is 0 Å². The summed E-state index contributed by atoms with van der Waals surface area (Å²) < 4.78 is 15.4. The van der Waals surface area contributed by atoms with E-state index in [1.54, 1.807) is 33.1 Å². The minimum Gasteiger partial charge on any atom is -0.382 e. The van der Waals surface area contributed by atoms with Gasteiger partial charge >= 0.3 is 0 Å². The summed E-state index contributed by atoms with van der Waals surface area (Å²) >= 11 is 6.11. The number of rotatable bonds is 9. The van der Waals surface area contributed by atoms with Crippen molar-refractivity contribution in [3.8, 4) is 0 Å². The van der Waals surface area contributed by atoms with Crippen molar-refractivity contribution in [1.82, 2.24) is 0 Å². The predicted octanol–water partition coefficient (Wildman–Crippen LogP) is 3.20. The zero-order valence-electron chi connectivity index (χ0n) is 12.0. The van der Waals surface area contributed by atoms with Crippen LogP contribution in [-0.4, -0.2) is 32.4 Å². The number of halogens is 1. The first-order valence-corrected chi connectivity index (χ1v) is 6.65. The van der Waals surface area contributed by atoms with Crippen LogP contribution in [0.15, 0.2) is 18.2 Å². The molecule has 0 aromatic heterocycles. The fourth-order valence-corrected chi connectivity index (χ4v) is 1.70. The Morgan fingerprint density at radius 3 is 2.60 bits per heavy atom. The van der Waals surface area contributed by atoms with Crippen LogP contribution < -0.4 is 0 Å². The van der Waals surface area contributed by atoms with Crippen LogP contribution >= 0.6 is 11.6 Å². The van der Waals surface area contributed by atoms with Gasteiger partial charge in [-0.3, -0.25) is 5.26 Å². The Balaban J connectivity index is 2.55. The van der Waals surface area contributed by atoms with Crippen molar-refractivity contribution in [2.24, 2.45) is 0 Å². The maximum Gasteiger partial charge on any atom is 0.147 e. The van der Waals surface area contributed by atoms with Crippen molar-refractivity contribution >= 4 is 11.6 Å². The molecule has 0 saturated heterocycles. The molecule has 1 N–H and O–H groups in total. The Morgan fingerprint density at radius 1 is 1.20 bits per heavy atom. The van der Waals surface area contributed by atoms with Gasteiger partial charge in [0, 0.05) is 12.1 Å². The highest BCUT2D eigenvalue weighted by Crippen LogP contribution is 2.28. The van der Waals surface area contributed by atoms with Gasteiger partial charge in [0.2, 0.25) is 0 Å². The Labute approximate surface area is 124 Å². The van der Waals surface area contributed by atoms with E-state index in [1.165, 1.54) is 0 Å². The number of methoxy groups -OCH3 is 1. The second-order valence-electron chi connectivity index (χ2n) is 4.78. The van der Waals surface area contributed by atoms with E-state index in [1.807, 2.05) is 6.07 Å². The molecule has 0 amide bonds. The number of hydrogen-bond acceptors (Lipinski definition) is 5. The van der Waals surface area contributed by atoms with Crippen molar-refractivity contribution in [3.05, 3.63) is 34.3 Å². The molecule has 1 aromatic rings. The summed E-state index contributed by atoms with van der Waals surface area (Å²) in [6, 6.07) is 5.40. The average molecular weight is 305 g/mol. The van der Waals surface area contributed by atoms with Gasteiger partial charge in [-0.05, 0) is 37.1 Å². The van der Waals surface area contributed by atoms with Gasteiger partial charge < -0.3 is 14.2 Å². The highest BCUT2D eigenvalue weighted by molar-refractivity contribution is 6.31. The summed E-state index contributed by atoms with van der Waals surface area (Å²) in [6.45, 7) is 5.02. The molecule has 0 aliphatic carbocycles. The molecule has 0 radical (unpaired) electrons. The van der Waals surface area contributed by atoms with Crippen LogP contribution in [0, 0.1) is 0 Å². The summed E-state index contributed by atoms with van der Waals surface area (Å²) in [7, 11) is 1.61. The molecule has 0 bridgehead atoms. The van der Waals surface area contributed by atoms with E-state index < -0.39 is 5.60 Å². The molecular weight excluding hydrogens is 284 g/mol. The Bertz CT molecular complexity index is 409. The molecule has 114 valence electrons. The molecule has 1 aromatic carbocycles. The van der Waals surface area contributed by atoms with Gasteiger partial charge in [-0.15, -0.1) is 0 Å². The molecule has 6 heteroatoms. The smallest absolute Gasteiger partial charge is 0.147 e. The number of ether oxygens (including phenoxy) is 3. The van der Waals surface area contributed by atoms with E-state index in [0.717, 1.165) is 11.1 Å². The lowest BCUT2D eigenvalue weighted by molar-refractivity contribution is -0.318. The lowest BCUT2D eigenvalue weighted by atomic mass is 9.96. The van der Waals surface area contributed by atoms with E-state index in [9.17, 15) is 0 Å². The van der Waals surface area contributed by atoms with Crippen LogP contribution in [0.25, 0.3) is 0 Å². The van der Waals surface area contributed by atoms with Crippen LogP contribution in [0.5, 0.6) is 0 Å². The lowest BCUT2D eigenvalue weighted by Gasteiger charge is -2.22. The van der Waals surface area contributed by atoms with E-state index in [2.05, 4.69) is 4.89 Å². The third-order valence-electron chi connectivity index (χ3n) is 2.83. The average Bonchev–Trinajstić information content (AvgIpc) is 2.44. The molecule has 0 atom stereocenters. The highest BCUT2D eigenvalue weighted by atomic mass is 35.5. The second-order valence-corrected chi connectivity index (χ2v) is 5.18. The molecule has 0 spiro atoms. The largest absolute Gasteiger partial charge is 0.382 e. The topological polar surface area (TPSA) is 57.2 Å². The fraction of sp³-hybridized carbons (Fsp3) is 0.571. The van der Waals surface area contributed by atoms with Gasteiger partial charge in [0.05, 0.1) is 19.8 Å². The van der Waals surface area contributed by atoms with E-state index in [0.29, 0.717) is 24.8 Å². The minimum absolute atomic E-state index is 0.170. The normalized spacial score (nSPS) is 11.8. The predicted molar refractivity (Wildman–Crippen MR) is 75.7 cm³/mol. The first-order valence-electron chi connectivity index (χ1n) is 6.27. The van der Waals surface area contributed by atoms with Crippen LogP contribution in [0.1, 0.15) is 25.0 Å². The summed E-state index contributed by atoms with van der Waals surface area (Å²) in [6.07, 6.45) is 0. The lowest BCUT2D eigenvalue weighted by Crippen LogP contribution is -2.20. The molecule has 1 rings (SSSR count). The van der Waals surface area contributed by atoms with Gasteiger partial charge in [-0.1, -0.05) is 17.7 Å². The standard InChI is InChI=1S/C14H21ClO5/c1-14(2,20-16)12-4-5-13(15)11(8-12)9-19-10-18-7-6-17-3/h4-5,8,16H,6-7,9-10H2,1-3H3. The van der Waals surface area contributed by atoms with E-state index >= 15 is 0 Å². The van der Waals surface area contributed by atoms with Crippen LogP contribution in [0.4, 0.5) is 0 Å². The summed E-state index contributed by atoms with van der Waals surface area (Å²) in [5, 5.41) is 9.50. The fourth-order valence-electron chi connectivity index (χ4n) is 1.52. The maximum atomic E-state index is 8.91. The SMILES string of the molecule is COCCOCOCc1cc(C(C)(C)OO)ccc1Cl. The van der Waals surface area contributed by atoms with Gasteiger partial charge in [-0.2, -0.15) is 0 Å². The Morgan fingerprint density at radius 2 is 1.95 bits per heavy atom. The quantitative estimate of drug-likeness (QED) is 0.328. The Kier molecular flexibility index (Phi) is 7.43. The van der Waals surface area contributed by atoms with Crippen LogP contribution in [0.2, 0.25) is 5.02 Å². The molecule has 0 heterocycles. The Hall–Kier alpha value is -0.690. The molecule has 0 aliphatic heterocycles. The molecular formula is C14H21ClO5. The summed E-state index contributed by atoms with van der Waals surface area (Å²) in [5.41, 5.74) is 0.821. The third-order valence-corrected chi connectivity index (χ3v) is 3.19. The van der Waals surface area contributed by atoms with Gasteiger partial charge in [0.15, 0.2) is 0 Å². The molecule has 20 heavy (non-hydrogen) atoms. The first-order chi connectivity index (χ1) is 9.51. The van der Waals surface area contributed by atoms with Crippen molar-refractivity contribution in [2.75, 3.05) is 27.1 Å². The van der Waals surface area contributed by atoms with Crippen molar-refractivity contribution in [3.63, 3.8) is 0 Å². The molecule has 0 saturated carbocycles. The third kappa shape index (κ3) is 5.36. The molecule has 0 aliphatic rings. The van der Waals surface area contributed by atoms with Crippen molar-refractivity contribution in [1.29, 1.82) is 0 Å². The highest BCUT2D eigenvalue weighted by Gasteiger charge is 2.22.